The summed E-state index contributed by atoms with van der Waals surface area (Å²) in [6, 6.07) is 6.12. The van der Waals surface area contributed by atoms with Crippen molar-refractivity contribution in [3.63, 3.8) is 0 Å². The van der Waals surface area contributed by atoms with E-state index < -0.39 is 5.79 Å². The number of nitrogens with one attached hydrogen (secondary N) is 1. The van der Waals surface area contributed by atoms with Crippen LogP contribution in [0.25, 0.3) is 0 Å². The minimum atomic E-state index is -0.398. The van der Waals surface area contributed by atoms with E-state index >= 15 is 0 Å². The molecule has 3 nitrogen and oxygen atoms in total. The monoisotopic (exact) mass is 297 g/mol. The maximum atomic E-state index is 6.11. The Morgan fingerprint density at radius 2 is 2.18 bits per heavy atom. The Morgan fingerprint density at radius 1 is 1.24 bits per heavy atom. The van der Waals surface area contributed by atoms with Gasteiger partial charge in [-0.1, -0.05) is 15.9 Å². The van der Waals surface area contributed by atoms with Crippen LogP contribution in [-0.4, -0.2) is 18.9 Å². The Labute approximate surface area is 110 Å². The fraction of sp³-hybridized carbons (Fsp3) is 0.538. The van der Waals surface area contributed by atoms with Gasteiger partial charge >= 0.3 is 0 Å². The number of halogens is 1. The summed E-state index contributed by atoms with van der Waals surface area (Å²) in [5, 5.41) is 3.38. The van der Waals surface area contributed by atoms with Crippen LogP contribution in [0.3, 0.4) is 0 Å². The molecule has 1 unspecified atom stereocenters. The lowest BCUT2D eigenvalue weighted by molar-refractivity contribution is -0.211. The number of hydrogen-bond donors (Lipinski definition) is 1. The van der Waals surface area contributed by atoms with Crippen molar-refractivity contribution in [2.45, 2.75) is 31.7 Å². The van der Waals surface area contributed by atoms with E-state index in [-0.39, 0.29) is 0 Å². The molecule has 1 saturated heterocycles. The lowest BCUT2D eigenvalue weighted by Gasteiger charge is -2.37. The Balaban J connectivity index is 1.85. The standard InChI is InChI=1S/C13H16BrNO2/c14-11-2-3-12-10(8-11)9-16-13(17-12)4-1-6-15-7-5-13/h2-3,8,15H,1,4-7,9H2. The molecule has 1 fully saturated rings. The molecule has 0 aliphatic carbocycles. The van der Waals surface area contributed by atoms with Crippen molar-refractivity contribution in [1.29, 1.82) is 0 Å². The van der Waals surface area contributed by atoms with Crippen LogP contribution in [-0.2, 0) is 11.3 Å². The molecule has 17 heavy (non-hydrogen) atoms. The summed E-state index contributed by atoms with van der Waals surface area (Å²) in [6.07, 6.45) is 2.99. The molecule has 2 aliphatic heterocycles. The third-order valence-electron chi connectivity index (χ3n) is 3.40. The molecule has 1 spiro atoms. The van der Waals surface area contributed by atoms with Gasteiger partial charge in [0.05, 0.1) is 6.61 Å². The van der Waals surface area contributed by atoms with Gasteiger partial charge in [0, 0.05) is 29.4 Å². The SMILES string of the molecule is Brc1ccc2c(c1)COC1(CCCNCC1)O2. The zero-order valence-electron chi connectivity index (χ0n) is 9.67. The number of benzene rings is 1. The normalized spacial score (nSPS) is 28.3. The summed E-state index contributed by atoms with van der Waals surface area (Å²) in [4.78, 5) is 0. The first kappa shape index (κ1) is 11.5. The van der Waals surface area contributed by atoms with Gasteiger partial charge in [-0.05, 0) is 31.2 Å². The molecule has 0 radical (unpaired) electrons. The van der Waals surface area contributed by atoms with Crippen LogP contribution in [0.1, 0.15) is 24.8 Å². The summed E-state index contributed by atoms with van der Waals surface area (Å²) in [7, 11) is 0. The Bertz CT molecular complexity index is 414. The number of rotatable bonds is 0. The van der Waals surface area contributed by atoms with Crippen molar-refractivity contribution in [3.8, 4) is 5.75 Å². The molecule has 0 bridgehead atoms. The highest BCUT2D eigenvalue weighted by molar-refractivity contribution is 9.10. The molecule has 0 saturated carbocycles. The molecule has 1 aromatic carbocycles. The third-order valence-corrected chi connectivity index (χ3v) is 3.90. The van der Waals surface area contributed by atoms with E-state index in [1.165, 1.54) is 0 Å². The fourth-order valence-corrected chi connectivity index (χ4v) is 2.87. The second-order valence-electron chi connectivity index (χ2n) is 4.66. The zero-order chi connectivity index (χ0) is 11.7. The molecular formula is C13H16BrNO2. The van der Waals surface area contributed by atoms with Gasteiger partial charge in [-0.2, -0.15) is 0 Å². The highest BCUT2D eigenvalue weighted by atomic mass is 79.9. The van der Waals surface area contributed by atoms with Crippen LogP contribution in [0.5, 0.6) is 5.75 Å². The Kier molecular flexibility index (Phi) is 3.11. The van der Waals surface area contributed by atoms with Gasteiger partial charge in [0.25, 0.3) is 0 Å². The fourth-order valence-electron chi connectivity index (χ4n) is 2.46. The van der Waals surface area contributed by atoms with Crippen LogP contribution < -0.4 is 10.1 Å². The maximum Gasteiger partial charge on any atom is 0.212 e. The molecule has 0 amide bonds. The molecule has 2 aliphatic rings. The van der Waals surface area contributed by atoms with Crippen LogP contribution in [0, 0.1) is 0 Å². The summed E-state index contributed by atoms with van der Waals surface area (Å²) in [5.74, 6) is 0.575. The third kappa shape index (κ3) is 2.34. The van der Waals surface area contributed by atoms with Gasteiger partial charge in [0.15, 0.2) is 0 Å². The van der Waals surface area contributed by atoms with Gasteiger partial charge in [0.1, 0.15) is 5.75 Å². The summed E-state index contributed by atoms with van der Waals surface area (Å²) in [5.41, 5.74) is 1.13. The lowest BCUT2D eigenvalue weighted by atomic mass is 10.1. The van der Waals surface area contributed by atoms with Crippen LogP contribution in [0.15, 0.2) is 22.7 Å². The molecule has 4 heteroatoms. The quantitative estimate of drug-likeness (QED) is 0.799. The zero-order valence-corrected chi connectivity index (χ0v) is 11.3. The average Bonchev–Trinajstić information content (AvgIpc) is 2.56. The summed E-state index contributed by atoms with van der Waals surface area (Å²) >= 11 is 3.47. The first-order valence-corrected chi connectivity index (χ1v) is 6.89. The Hall–Kier alpha value is -0.580. The number of hydrogen-bond acceptors (Lipinski definition) is 3. The van der Waals surface area contributed by atoms with Crippen molar-refractivity contribution in [1.82, 2.24) is 5.32 Å². The van der Waals surface area contributed by atoms with E-state index in [0.29, 0.717) is 6.61 Å². The summed E-state index contributed by atoms with van der Waals surface area (Å²) in [6.45, 7) is 2.67. The molecule has 92 valence electrons. The van der Waals surface area contributed by atoms with Gasteiger partial charge in [-0.15, -0.1) is 0 Å². The largest absolute Gasteiger partial charge is 0.462 e. The van der Waals surface area contributed by atoms with Gasteiger partial charge < -0.3 is 14.8 Å². The molecule has 1 aromatic rings. The smallest absolute Gasteiger partial charge is 0.212 e. The summed E-state index contributed by atoms with van der Waals surface area (Å²) < 4.78 is 13.2. The molecule has 0 aromatic heterocycles. The molecular weight excluding hydrogens is 282 g/mol. The topological polar surface area (TPSA) is 30.5 Å². The van der Waals surface area contributed by atoms with Gasteiger partial charge in [-0.25, -0.2) is 0 Å². The van der Waals surface area contributed by atoms with Crippen molar-refractivity contribution in [2.24, 2.45) is 0 Å². The van der Waals surface area contributed by atoms with E-state index in [4.69, 9.17) is 9.47 Å². The highest BCUT2D eigenvalue weighted by Gasteiger charge is 2.37. The predicted molar refractivity (Wildman–Crippen MR) is 69.0 cm³/mol. The first-order valence-electron chi connectivity index (χ1n) is 6.10. The first-order chi connectivity index (χ1) is 8.27. The van der Waals surface area contributed by atoms with Gasteiger partial charge in [0.2, 0.25) is 5.79 Å². The van der Waals surface area contributed by atoms with Gasteiger partial charge in [-0.3, -0.25) is 0 Å². The Morgan fingerprint density at radius 3 is 3.12 bits per heavy atom. The number of fused-ring (bicyclic) bond motifs is 1. The van der Waals surface area contributed by atoms with Crippen molar-refractivity contribution in [2.75, 3.05) is 13.1 Å². The molecule has 1 atom stereocenters. The van der Waals surface area contributed by atoms with Crippen LogP contribution in [0.2, 0.25) is 0 Å². The second kappa shape index (κ2) is 4.59. The second-order valence-corrected chi connectivity index (χ2v) is 5.57. The van der Waals surface area contributed by atoms with E-state index in [9.17, 15) is 0 Å². The lowest BCUT2D eigenvalue weighted by Crippen LogP contribution is -2.42. The predicted octanol–water partition coefficient (Wildman–Crippen LogP) is 2.83. The van der Waals surface area contributed by atoms with E-state index in [1.807, 2.05) is 12.1 Å². The van der Waals surface area contributed by atoms with E-state index in [1.54, 1.807) is 0 Å². The number of ether oxygens (including phenoxy) is 2. The van der Waals surface area contributed by atoms with E-state index in [0.717, 1.165) is 48.1 Å². The maximum absolute atomic E-state index is 6.11. The average molecular weight is 298 g/mol. The highest BCUT2D eigenvalue weighted by Crippen LogP contribution is 2.37. The van der Waals surface area contributed by atoms with E-state index in [2.05, 4.69) is 27.3 Å². The molecule has 3 rings (SSSR count). The molecule has 1 N–H and O–H groups in total. The van der Waals surface area contributed by atoms with Crippen LogP contribution in [0.4, 0.5) is 0 Å². The van der Waals surface area contributed by atoms with Crippen LogP contribution >= 0.6 is 15.9 Å². The minimum Gasteiger partial charge on any atom is -0.462 e. The minimum absolute atomic E-state index is 0.398. The van der Waals surface area contributed by atoms with Crippen molar-refractivity contribution < 1.29 is 9.47 Å². The van der Waals surface area contributed by atoms with Crippen molar-refractivity contribution >= 4 is 15.9 Å². The molecule has 2 heterocycles. The van der Waals surface area contributed by atoms with Crippen molar-refractivity contribution in [3.05, 3.63) is 28.2 Å².